The van der Waals surface area contributed by atoms with E-state index in [2.05, 4.69) is 25.7 Å². The second-order valence-electron chi connectivity index (χ2n) is 5.43. The lowest BCUT2D eigenvalue weighted by atomic mass is 9.81. The predicted molar refractivity (Wildman–Crippen MR) is 70.1 cm³/mol. The van der Waals surface area contributed by atoms with Crippen LogP contribution in [0.4, 0.5) is 0 Å². The van der Waals surface area contributed by atoms with E-state index < -0.39 is 0 Å². The molecular weight excluding hydrogens is 214 g/mol. The summed E-state index contributed by atoms with van der Waals surface area (Å²) in [7, 11) is 0. The fraction of sp³-hybridized carbons (Fsp3) is 0.929. The third-order valence-electron chi connectivity index (χ3n) is 3.99. The fourth-order valence-corrected chi connectivity index (χ4v) is 2.41. The summed E-state index contributed by atoms with van der Waals surface area (Å²) in [5.41, 5.74) is -0.151. The summed E-state index contributed by atoms with van der Waals surface area (Å²) in [6.07, 6.45) is 4.14. The van der Waals surface area contributed by atoms with Crippen LogP contribution in [0.5, 0.6) is 0 Å². The number of hydrogen-bond acceptors (Lipinski definition) is 3. The number of carbonyl (C=O) groups excluding carboxylic acids is 1. The number of nitrogens with zero attached hydrogens (tertiary/aromatic N) is 1. The van der Waals surface area contributed by atoms with Gasteiger partial charge < -0.3 is 14.4 Å². The summed E-state index contributed by atoms with van der Waals surface area (Å²) in [6, 6.07) is 0. The molecule has 0 aliphatic carbocycles. The number of hydrogen-bond donors (Lipinski definition) is 0. The topological polar surface area (TPSA) is 29.5 Å². The summed E-state index contributed by atoms with van der Waals surface area (Å²) in [4.78, 5) is 13.8. The van der Waals surface area contributed by atoms with E-state index in [4.69, 9.17) is 4.74 Å². The highest BCUT2D eigenvalue weighted by atomic mass is 16.5. The van der Waals surface area contributed by atoms with Crippen molar-refractivity contribution in [1.82, 2.24) is 4.90 Å². The maximum atomic E-state index is 11.4. The molecular formula is C14H27NO2. The summed E-state index contributed by atoms with van der Waals surface area (Å²) < 4.78 is 5.37. The van der Waals surface area contributed by atoms with E-state index in [0.29, 0.717) is 5.92 Å². The molecule has 1 atom stereocenters. The lowest BCUT2D eigenvalue weighted by Crippen LogP contribution is -2.43. The van der Waals surface area contributed by atoms with Crippen LogP contribution in [0.25, 0.3) is 0 Å². The molecule has 1 heterocycles. The Morgan fingerprint density at radius 1 is 1.35 bits per heavy atom. The van der Waals surface area contributed by atoms with Crippen LogP contribution in [0.1, 0.15) is 40.0 Å². The highest BCUT2D eigenvalue weighted by Gasteiger charge is 2.34. The van der Waals surface area contributed by atoms with Gasteiger partial charge in [0, 0.05) is 31.7 Å². The van der Waals surface area contributed by atoms with Crippen LogP contribution < -0.4 is 0 Å². The zero-order valence-corrected chi connectivity index (χ0v) is 11.6. The second-order valence-corrected chi connectivity index (χ2v) is 5.43. The van der Waals surface area contributed by atoms with Gasteiger partial charge in [-0.1, -0.05) is 27.2 Å². The van der Waals surface area contributed by atoms with Gasteiger partial charge in [-0.05, 0) is 25.3 Å². The van der Waals surface area contributed by atoms with Gasteiger partial charge in [0.1, 0.15) is 6.29 Å². The van der Waals surface area contributed by atoms with Gasteiger partial charge in [0.05, 0.1) is 0 Å². The van der Waals surface area contributed by atoms with Gasteiger partial charge >= 0.3 is 0 Å². The standard InChI is InChI=1S/C14H27NO2/c1-4-13(3)10-15(5-2)11-14(12-16)6-8-17-9-7-14/h12-13H,4-11H2,1-3H3. The van der Waals surface area contributed by atoms with E-state index >= 15 is 0 Å². The zero-order valence-electron chi connectivity index (χ0n) is 11.6. The first-order valence-corrected chi connectivity index (χ1v) is 6.92. The van der Waals surface area contributed by atoms with Gasteiger partial charge in [-0.2, -0.15) is 0 Å². The molecule has 1 unspecified atom stereocenters. The summed E-state index contributed by atoms with van der Waals surface area (Å²) in [5.74, 6) is 0.707. The van der Waals surface area contributed by atoms with Crippen molar-refractivity contribution < 1.29 is 9.53 Å². The molecule has 100 valence electrons. The smallest absolute Gasteiger partial charge is 0.127 e. The van der Waals surface area contributed by atoms with Crippen LogP contribution in [0.15, 0.2) is 0 Å². The molecule has 1 saturated heterocycles. The van der Waals surface area contributed by atoms with Gasteiger partial charge in [0.15, 0.2) is 0 Å². The Balaban J connectivity index is 2.54. The highest BCUT2D eigenvalue weighted by molar-refractivity contribution is 5.60. The summed E-state index contributed by atoms with van der Waals surface area (Å²) >= 11 is 0. The first-order valence-electron chi connectivity index (χ1n) is 6.92. The maximum Gasteiger partial charge on any atom is 0.127 e. The van der Waals surface area contributed by atoms with Crippen molar-refractivity contribution >= 4 is 6.29 Å². The summed E-state index contributed by atoms with van der Waals surface area (Å²) in [5, 5.41) is 0. The van der Waals surface area contributed by atoms with Crippen molar-refractivity contribution in [2.45, 2.75) is 40.0 Å². The Morgan fingerprint density at radius 2 is 2.00 bits per heavy atom. The van der Waals surface area contributed by atoms with Crippen LogP contribution in [-0.4, -0.2) is 44.0 Å². The third-order valence-corrected chi connectivity index (χ3v) is 3.99. The Hall–Kier alpha value is -0.410. The molecule has 0 spiro atoms. The van der Waals surface area contributed by atoms with Crippen LogP contribution in [-0.2, 0) is 9.53 Å². The quantitative estimate of drug-likeness (QED) is 0.641. The third kappa shape index (κ3) is 4.40. The molecule has 0 amide bonds. The van der Waals surface area contributed by atoms with Crippen molar-refractivity contribution in [3.8, 4) is 0 Å². The van der Waals surface area contributed by atoms with Crippen molar-refractivity contribution in [2.75, 3.05) is 32.8 Å². The molecule has 0 bridgehead atoms. The van der Waals surface area contributed by atoms with Crippen LogP contribution in [0, 0.1) is 11.3 Å². The SMILES string of the molecule is CCC(C)CN(CC)CC1(C=O)CCOCC1. The molecule has 3 heteroatoms. The minimum absolute atomic E-state index is 0.151. The molecule has 0 radical (unpaired) electrons. The average Bonchev–Trinajstić information content (AvgIpc) is 2.38. The first kappa shape index (κ1) is 14.7. The van der Waals surface area contributed by atoms with Crippen molar-refractivity contribution in [2.24, 2.45) is 11.3 Å². The number of ether oxygens (including phenoxy) is 1. The lowest BCUT2D eigenvalue weighted by Gasteiger charge is -2.37. The lowest BCUT2D eigenvalue weighted by molar-refractivity contribution is -0.123. The van der Waals surface area contributed by atoms with Gasteiger partial charge in [0.25, 0.3) is 0 Å². The van der Waals surface area contributed by atoms with E-state index in [-0.39, 0.29) is 5.41 Å². The number of carbonyl (C=O) groups is 1. The predicted octanol–water partition coefficient (Wildman–Crippen LogP) is 2.35. The number of aldehydes is 1. The molecule has 1 fully saturated rings. The Kier molecular flexibility index (Phi) is 6.14. The average molecular weight is 241 g/mol. The minimum Gasteiger partial charge on any atom is -0.381 e. The number of rotatable bonds is 7. The van der Waals surface area contributed by atoms with Crippen LogP contribution in [0.2, 0.25) is 0 Å². The van der Waals surface area contributed by atoms with Crippen LogP contribution >= 0.6 is 0 Å². The largest absolute Gasteiger partial charge is 0.381 e. The maximum absolute atomic E-state index is 11.4. The molecule has 1 aliphatic heterocycles. The Bertz CT molecular complexity index is 224. The molecule has 0 aromatic carbocycles. The molecule has 1 rings (SSSR count). The Labute approximate surface area is 106 Å². The Morgan fingerprint density at radius 3 is 2.47 bits per heavy atom. The van der Waals surface area contributed by atoms with Gasteiger partial charge in [-0.3, -0.25) is 0 Å². The normalized spacial score (nSPS) is 21.4. The van der Waals surface area contributed by atoms with E-state index in [1.54, 1.807) is 0 Å². The van der Waals surface area contributed by atoms with Crippen LogP contribution in [0.3, 0.4) is 0 Å². The summed E-state index contributed by atoms with van der Waals surface area (Å²) in [6.45, 7) is 11.2. The fourth-order valence-electron chi connectivity index (χ4n) is 2.41. The van der Waals surface area contributed by atoms with Crippen molar-refractivity contribution in [1.29, 1.82) is 0 Å². The first-order chi connectivity index (χ1) is 8.15. The molecule has 1 aliphatic rings. The molecule has 0 N–H and O–H groups in total. The minimum atomic E-state index is -0.151. The van der Waals surface area contributed by atoms with E-state index in [9.17, 15) is 4.79 Å². The molecule has 0 aromatic rings. The van der Waals surface area contributed by atoms with Crippen molar-refractivity contribution in [3.05, 3.63) is 0 Å². The molecule has 0 aromatic heterocycles. The van der Waals surface area contributed by atoms with E-state index in [1.807, 2.05) is 0 Å². The van der Waals surface area contributed by atoms with Gasteiger partial charge in [-0.25, -0.2) is 0 Å². The van der Waals surface area contributed by atoms with E-state index in [1.165, 1.54) is 12.7 Å². The second kappa shape index (κ2) is 7.12. The highest BCUT2D eigenvalue weighted by Crippen LogP contribution is 2.29. The molecule has 17 heavy (non-hydrogen) atoms. The molecule has 3 nitrogen and oxygen atoms in total. The van der Waals surface area contributed by atoms with E-state index in [0.717, 1.165) is 45.7 Å². The van der Waals surface area contributed by atoms with Gasteiger partial charge in [-0.15, -0.1) is 0 Å². The zero-order chi connectivity index (χ0) is 12.7. The monoisotopic (exact) mass is 241 g/mol. The molecule has 0 saturated carbocycles. The van der Waals surface area contributed by atoms with Gasteiger partial charge in [0.2, 0.25) is 0 Å². The van der Waals surface area contributed by atoms with Crippen molar-refractivity contribution in [3.63, 3.8) is 0 Å².